The molecule has 2 aromatic carbocycles. The molecule has 0 fully saturated rings. The van der Waals surface area contributed by atoms with Crippen molar-refractivity contribution in [3.05, 3.63) is 58.1 Å². The average molecular weight is 267 g/mol. The number of benzene rings is 2. The summed E-state index contributed by atoms with van der Waals surface area (Å²) in [6, 6.07) is 10.8. The van der Waals surface area contributed by atoms with Crippen molar-refractivity contribution in [3.8, 4) is 11.1 Å². The quantitative estimate of drug-likeness (QED) is 0.876. The van der Waals surface area contributed by atoms with Crippen LogP contribution in [0.4, 0.5) is 0 Å². The molecule has 0 saturated heterocycles. The first kappa shape index (κ1) is 13.3. The van der Waals surface area contributed by atoms with E-state index in [0.717, 1.165) is 18.4 Å². The third-order valence-electron chi connectivity index (χ3n) is 4.36. The molecule has 0 saturated carbocycles. The molecule has 0 unspecified atom stereocenters. The van der Waals surface area contributed by atoms with Gasteiger partial charge in [-0.3, -0.25) is 0 Å². The zero-order valence-corrected chi connectivity index (χ0v) is 12.1. The number of hydrogen-bond donors (Lipinski definition) is 2. The second-order valence-corrected chi connectivity index (χ2v) is 5.78. The smallest absolute Gasteiger partial charge is 0.0682 e. The van der Waals surface area contributed by atoms with Gasteiger partial charge in [-0.15, -0.1) is 0 Å². The highest BCUT2D eigenvalue weighted by Crippen LogP contribution is 2.39. The van der Waals surface area contributed by atoms with E-state index in [2.05, 4.69) is 44.2 Å². The van der Waals surface area contributed by atoms with Gasteiger partial charge in [0.1, 0.15) is 0 Å². The number of aliphatic hydroxyl groups excluding tert-OH is 1. The molecule has 1 aliphatic carbocycles. The molecule has 2 nitrogen and oxygen atoms in total. The first-order chi connectivity index (χ1) is 9.61. The van der Waals surface area contributed by atoms with Crippen molar-refractivity contribution in [2.24, 2.45) is 5.73 Å². The highest BCUT2D eigenvalue weighted by atomic mass is 16.3. The molecule has 0 aliphatic heterocycles. The van der Waals surface area contributed by atoms with Gasteiger partial charge >= 0.3 is 0 Å². The van der Waals surface area contributed by atoms with Crippen LogP contribution in [0.15, 0.2) is 30.3 Å². The van der Waals surface area contributed by atoms with E-state index in [9.17, 15) is 5.11 Å². The van der Waals surface area contributed by atoms with E-state index in [0.29, 0.717) is 0 Å². The lowest BCUT2D eigenvalue weighted by atomic mass is 9.89. The van der Waals surface area contributed by atoms with Crippen LogP contribution in [-0.2, 0) is 13.0 Å². The fraction of sp³-hybridized carbons (Fsp3) is 0.333. The number of aliphatic hydroxyl groups is 1. The number of hydrogen-bond acceptors (Lipinski definition) is 2. The summed E-state index contributed by atoms with van der Waals surface area (Å²) in [5.74, 6) is 0. The molecule has 2 aromatic rings. The Morgan fingerprint density at radius 1 is 1.20 bits per heavy atom. The molecule has 0 spiro atoms. The molecule has 0 radical (unpaired) electrons. The van der Waals surface area contributed by atoms with E-state index < -0.39 is 0 Å². The number of aryl methyl sites for hydroxylation is 2. The normalized spacial score (nSPS) is 17.3. The molecule has 0 bridgehead atoms. The molecular formula is C18H21NO. The van der Waals surface area contributed by atoms with Gasteiger partial charge in [-0.25, -0.2) is 0 Å². The van der Waals surface area contributed by atoms with Crippen LogP contribution in [0, 0.1) is 13.8 Å². The Kier molecular flexibility index (Phi) is 3.36. The Morgan fingerprint density at radius 3 is 2.55 bits per heavy atom. The highest BCUT2D eigenvalue weighted by Gasteiger charge is 2.23. The average Bonchev–Trinajstić information content (AvgIpc) is 2.81. The summed E-state index contributed by atoms with van der Waals surface area (Å²) in [4.78, 5) is 0. The fourth-order valence-electron chi connectivity index (χ4n) is 3.49. The van der Waals surface area contributed by atoms with Gasteiger partial charge in [0.2, 0.25) is 0 Å². The van der Waals surface area contributed by atoms with Crippen molar-refractivity contribution in [1.82, 2.24) is 0 Å². The van der Waals surface area contributed by atoms with E-state index in [1.54, 1.807) is 0 Å². The fourth-order valence-corrected chi connectivity index (χ4v) is 3.49. The summed E-state index contributed by atoms with van der Waals surface area (Å²) in [6.07, 6.45) is 2.10. The lowest BCUT2D eigenvalue weighted by molar-refractivity contribution is 0.281. The lowest BCUT2D eigenvalue weighted by Crippen LogP contribution is -2.05. The van der Waals surface area contributed by atoms with Crippen LogP contribution in [0.2, 0.25) is 0 Å². The topological polar surface area (TPSA) is 46.2 Å². The molecule has 3 N–H and O–H groups in total. The molecule has 1 atom stereocenters. The molecule has 0 aromatic heterocycles. The van der Waals surface area contributed by atoms with Crippen molar-refractivity contribution >= 4 is 0 Å². The summed E-state index contributed by atoms with van der Waals surface area (Å²) in [5.41, 5.74) is 14.9. The molecule has 104 valence electrons. The monoisotopic (exact) mass is 267 g/mol. The van der Waals surface area contributed by atoms with Crippen LogP contribution < -0.4 is 5.73 Å². The second kappa shape index (κ2) is 5.04. The Labute approximate surface area is 120 Å². The minimum absolute atomic E-state index is 0.0970. The summed E-state index contributed by atoms with van der Waals surface area (Å²) in [7, 11) is 0. The zero-order chi connectivity index (χ0) is 14.3. The Hall–Kier alpha value is -1.64. The zero-order valence-electron chi connectivity index (χ0n) is 12.1. The number of fused-ring (bicyclic) bond motifs is 1. The van der Waals surface area contributed by atoms with Gasteiger partial charge in [0.25, 0.3) is 0 Å². The van der Waals surface area contributed by atoms with E-state index in [1.165, 1.54) is 33.4 Å². The van der Waals surface area contributed by atoms with Gasteiger partial charge in [0.15, 0.2) is 0 Å². The van der Waals surface area contributed by atoms with Crippen LogP contribution in [0.1, 0.15) is 40.3 Å². The SMILES string of the molecule is Cc1cc(CO)cc(C)c1-c1cccc2c1CC[C@H]2N. The van der Waals surface area contributed by atoms with Crippen molar-refractivity contribution in [3.63, 3.8) is 0 Å². The maximum Gasteiger partial charge on any atom is 0.0682 e. The van der Waals surface area contributed by atoms with E-state index in [1.807, 2.05) is 0 Å². The third kappa shape index (κ3) is 2.05. The third-order valence-corrected chi connectivity index (χ3v) is 4.36. The predicted molar refractivity (Wildman–Crippen MR) is 82.5 cm³/mol. The van der Waals surface area contributed by atoms with E-state index >= 15 is 0 Å². The minimum atomic E-state index is 0.0970. The lowest BCUT2D eigenvalue weighted by Gasteiger charge is -2.16. The van der Waals surface area contributed by atoms with Crippen LogP contribution in [0.5, 0.6) is 0 Å². The van der Waals surface area contributed by atoms with Gasteiger partial charge in [-0.05, 0) is 65.6 Å². The summed E-state index contributed by atoms with van der Waals surface area (Å²) in [6.45, 7) is 4.34. The van der Waals surface area contributed by atoms with Gasteiger partial charge in [-0.1, -0.05) is 30.3 Å². The number of rotatable bonds is 2. The van der Waals surface area contributed by atoms with Gasteiger partial charge in [0, 0.05) is 6.04 Å². The molecule has 2 heteroatoms. The first-order valence-corrected chi connectivity index (χ1v) is 7.20. The van der Waals surface area contributed by atoms with Crippen LogP contribution in [-0.4, -0.2) is 5.11 Å². The molecule has 3 rings (SSSR count). The Balaban J connectivity index is 2.20. The number of nitrogens with two attached hydrogens (primary N) is 1. The van der Waals surface area contributed by atoms with Gasteiger partial charge in [0.05, 0.1) is 6.61 Å². The minimum Gasteiger partial charge on any atom is -0.392 e. The van der Waals surface area contributed by atoms with Crippen molar-refractivity contribution in [2.45, 2.75) is 39.3 Å². The largest absolute Gasteiger partial charge is 0.392 e. The molecule has 20 heavy (non-hydrogen) atoms. The maximum absolute atomic E-state index is 9.32. The molecule has 1 aliphatic rings. The molecule has 0 amide bonds. The molecular weight excluding hydrogens is 246 g/mol. The Bertz CT molecular complexity index is 637. The maximum atomic E-state index is 9.32. The summed E-state index contributed by atoms with van der Waals surface area (Å²) >= 11 is 0. The van der Waals surface area contributed by atoms with E-state index in [4.69, 9.17) is 5.73 Å². The Morgan fingerprint density at radius 2 is 1.90 bits per heavy atom. The van der Waals surface area contributed by atoms with Crippen molar-refractivity contribution in [1.29, 1.82) is 0 Å². The predicted octanol–water partition coefficient (Wildman–Crippen LogP) is 3.41. The standard InChI is InChI=1S/C18H21NO/c1-11-8-13(10-20)9-12(2)18(11)16-5-3-4-15-14(16)6-7-17(15)19/h3-5,8-9,17,20H,6-7,10,19H2,1-2H3/t17-/m1/s1. The van der Waals surface area contributed by atoms with Gasteiger partial charge < -0.3 is 10.8 Å². The summed E-state index contributed by atoms with van der Waals surface area (Å²) in [5, 5.41) is 9.32. The van der Waals surface area contributed by atoms with Crippen molar-refractivity contribution < 1.29 is 5.11 Å². The van der Waals surface area contributed by atoms with Crippen LogP contribution in [0.3, 0.4) is 0 Å². The van der Waals surface area contributed by atoms with Gasteiger partial charge in [-0.2, -0.15) is 0 Å². The summed E-state index contributed by atoms with van der Waals surface area (Å²) < 4.78 is 0. The van der Waals surface area contributed by atoms with E-state index in [-0.39, 0.29) is 12.6 Å². The van der Waals surface area contributed by atoms with Crippen molar-refractivity contribution in [2.75, 3.05) is 0 Å². The highest BCUT2D eigenvalue weighted by molar-refractivity contribution is 5.76. The first-order valence-electron chi connectivity index (χ1n) is 7.20. The molecule has 0 heterocycles. The second-order valence-electron chi connectivity index (χ2n) is 5.78. The van der Waals surface area contributed by atoms with Crippen LogP contribution >= 0.6 is 0 Å². The van der Waals surface area contributed by atoms with Crippen LogP contribution in [0.25, 0.3) is 11.1 Å².